The van der Waals surface area contributed by atoms with Crippen LogP contribution in [0.3, 0.4) is 0 Å². The van der Waals surface area contributed by atoms with Crippen LogP contribution in [0.5, 0.6) is 11.5 Å². The van der Waals surface area contributed by atoms with Gasteiger partial charge in [-0.25, -0.2) is 4.79 Å². The molecule has 0 saturated carbocycles. The molecule has 0 fully saturated rings. The minimum atomic E-state index is -1.04. The molecule has 0 spiro atoms. The van der Waals surface area contributed by atoms with Gasteiger partial charge in [0.05, 0.1) is 11.5 Å². The Morgan fingerprint density at radius 2 is 1.83 bits per heavy atom. The highest BCUT2D eigenvalue weighted by molar-refractivity contribution is 6.13. The lowest BCUT2D eigenvalue weighted by atomic mass is 9.90. The smallest absolute Gasteiger partial charge is 0.336 e. The third kappa shape index (κ3) is 3.86. The van der Waals surface area contributed by atoms with Crippen LogP contribution in [-0.4, -0.2) is 27.2 Å². The van der Waals surface area contributed by atoms with Gasteiger partial charge < -0.3 is 19.7 Å². The van der Waals surface area contributed by atoms with Crippen molar-refractivity contribution < 1.29 is 24.5 Å². The lowest BCUT2D eigenvalue weighted by Crippen LogP contribution is -2.13. The predicted octanol–water partition coefficient (Wildman–Crippen LogP) is 4.33. The number of ketones is 1. The number of benzene rings is 2. The fraction of sp³-hybridized carbons (Fsp3) is 0.250. The molecule has 0 bridgehead atoms. The summed E-state index contributed by atoms with van der Waals surface area (Å²) < 4.78 is 5.32. The first-order valence-electron chi connectivity index (χ1n) is 9.72. The summed E-state index contributed by atoms with van der Waals surface area (Å²) in [4.78, 5) is 25.1. The Balaban J connectivity index is 2.46. The van der Waals surface area contributed by atoms with Gasteiger partial charge >= 0.3 is 5.63 Å². The number of Topliss-reactive ketones (excluding diaryl/α,β-unsaturated/α-hetero) is 1. The second kappa shape index (κ2) is 8.55. The number of fused-ring (bicyclic) bond motifs is 1. The predicted molar refractivity (Wildman–Crippen MR) is 115 cm³/mol. The quantitative estimate of drug-likeness (QED) is 0.305. The fourth-order valence-electron chi connectivity index (χ4n) is 3.44. The third-order valence-corrected chi connectivity index (χ3v) is 5.04. The fourth-order valence-corrected chi connectivity index (χ4v) is 3.44. The Hall–Kier alpha value is -3.38. The van der Waals surface area contributed by atoms with Gasteiger partial charge in [0, 0.05) is 30.0 Å². The van der Waals surface area contributed by atoms with Crippen LogP contribution in [0.25, 0.3) is 22.1 Å². The van der Waals surface area contributed by atoms with E-state index in [1.807, 2.05) is 13.0 Å². The van der Waals surface area contributed by atoms with Crippen molar-refractivity contribution in [1.82, 2.24) is 0 Å². The SMILES string of the molecule is C=C(C)C(O)Cc1c(O)c(C(=O)CCC)c2oc(=O)cc(-c3ccccc3)c2c1O. The van der Waals surface area contributed by atoms with Crippen molar-refractivity contribution in [2.24, 2.45) is 0 Å². The van der Waals surface area contributed by atoms with E-state index in [2.05, 4.69) is 6.58 Å². The van der Waals surface area contributed by atoms with Gasteiger partial charge in [0.25, 0.3) is 0 Å². The number of aromatic hydroxyl groups is 2. The molecule has 2 aromatic carbocycles. The van der Waals surface area contributed by atoms with Gasteiger partial charge in [-0.15, -0.1) is 0 Å². The summed E-state index contributed by atoms with van der Waals surface area (Å²) in [5.74, 6) is -1.26. The molecule has 156 valence electrons. The maximum absolute atomic E-state index is 12.8. The van der Waals surface area contributed by atoms with Crippen LogP contribution in [0.15, 0.2) is 57.8 Å². The van der Waals surface area contributed by atoms with Gasteiger partial charge in [0.15, 0.2) is 11.4 Å². The van der Waals surface area contributed by atoms with Crippen LogP contribution in [0.1, 0.15) is 42.6 Å². The zero-order valence-corrected chi connectivity index (χ0v) is 16.9. The summed E-state index contributed by atoms with van der Waals surface area (Å²) in [7, 11) is 0. The molecule has 0 aliphatic heterocycles. The molecule has 0 amide bonds. The van der Waals surface area contributed by atoms with Crippen LogP contribution < -0.4 is 5.63 Å². The number of hydrogen-bond acceptors (Lipinski definition) is 6. The van der Waals surface area contributed by atoms with E-state index in [4.69, 9.17) is 4.42 Å². The average molecular weight is 408 g/mol. The molecule has 3 N–H and O–H groups in total. The Bertz CT molecular complexity index is 1170. The molecular formula is C24H24O6. The first-order valence-corrected chi connectivity index (χ1v) is 9.72. The van der Waals surface area contributed by atoms with Gasteiger partial charge in [0.2, 0.25) is 0 Å². The summed E-state index contributed by atoms with van der Waals surface area (Å²) in [6, 6.07) is 10.1. The normalized spacial score (nSPS) is 12.1. The van der Waals surface area contributed by atoms with E-state index in [1.165, 1.54) is 6.07 Å². The number of aliphatic hydroxyl groups is 1. The maximum Gasteiger partial charge on any atom is 0.336 e. The van der Waals surface area contributed by atoms with E-state index in [0.717, 1.165) is 0 Å². The van der Waals surface area contributed by atoms with Crippen molar-refractivity contribution in [3.05, 3.63) is 70.1 Å². The molecule has 1 atom stereocenters. The van der Waals surface area contributed by atoms with Gasteiger partial charge in [-0.2, -0.15) is 0 Å². The minimum Gasteiger partial charge on any atom is -0.507 e. The van der Waals surface area contributed by atoms with Crippen molar-refractivity contribution in [3.8, 4) is 22.6 Å². The van der Waals surface area contributed by atoms with Crippen molar-refractivity contribution >= 4 is 16.8 Å². The van der Waals surface area contributed by atoms with Crippen molar-refractivity contribution in [2.45, 2.75) is 39.2 Å². The highest BCUT2D eigenvalue weighted by atomic mass is 16.4. The minimum absolute atomic E-state index is 0.00323. The molecule has 0 aliphatic carbocycles. The number of hydrogen-bond donors (Lipinski definition) is 3. The van der Waals surface area contributed by atoms with Gasteiger partial charge in [-0.3, -0.25) is 4.79 Å². The standard InChI is InChI=1S/C24H24O6/c1-4-8-17(25)21-23(29)16(11-18(26)13(2)3)22(28)20-15(12-19(27)30-24(20)21)14-9-6-5-7-10-14/h5-7,9-10,12,18,26,28-29H,2,4,8,11H2,1,3H3. The van der Waals surface area contributed by atoms with Crippen LogP contribution >= 0.6 is 0 Å². The molecule has 6 heteroatoms. The molecule has 3 aromatic rings. The topological polar surface area (TPSA) is 108 Å². The average Bonchev–Trinajstić information content (AvgIpc) is 2.71. The van der Waals surface area contributed by atoms with Crippen LogP contribution in [0.2, 0.25) is 0 Å². The summed E-state index contributed by atoms with van der Waals surface area (Å²) in [5.41, 5.74) is 0.418. The molecule has 0 saturated heterocycles. The van der Waals surface area contributed by atoms with Gasteiger partial charge in [-0.1, -0.05) is 49.4 Å². The number of rotatable bonds is 7. The lowest BCUT2D eigenvalue weighted by Gasteiger charge is -2.18. The highest BCUT2D eigenvalue weighted by Crippen LogP contribution is 2.44. The van der Waals surface area contributed by atoms with Gasteiger partial charge in [-0.05, 0) is 18.9 Å². The number of carbonyl (C=O) groups excluding carboxylic acids is 1. The Kier molecular flexibility index (Phi) is 6.08. The van der Waals surface area contributed by atoms with E-state index < -0.39 is 23.3 Å². The molecule has 1 heterocycles. The zero-order chi connectivity index (χ0) is 22.0. The zero-order valence-electron chi connectivity index (χ0n) is 16.9. The molecule has 0 aliphatic rings. The van der Waals surface area contributed by atoms with Crippen molar-refractivity contribution in [1.29, 1.82) is 0 Å². The molecule has 3 rings (SSSR count). The Morgan fingerprint density at radius 1 is 1.17 bits per heavy atom. The van der Waals surface area contributed by atoms with Crippen molar-refractivity contribution in [3.63, 3.8) is 0 Å². The summed E-state index contributed by atoms with van der Waals surface area (Å²) in [6.07, 6.45) is -0.547. The summed E-state index contributed by atoms with van der Waals surface area (Å²) in [6.45, 7) is 7.13. The van der Waals surface area contributed by atoms with E-state index in [0.29, 0.717) is 23.1 Å². The highest BCUT2D eigenvalue weighted by Gasteiger charge is 2.28. The summed E-state index contributed by atoms with van der Waals surface area (Å²) in [5, 5.41) is 32.3. The van der Waals surface area contributed by atoms with E-state index >= 15 is 0 Å². The third-order valence-electron chi connectivity index (χ3n) is 5.04. The second-order valence-electron chi connectivity index (χ2n) is 7.34. The first-order chi connectivity index (χ1) is 14.3. The summed E-state index contributed by atoms with van der Waals surface area (Å²) >= 11 is 0. The lowest BCUT2D eigenvalue weighted by molar-refractivity contribution is 0.0979. The molecular weight excluding hydrogens is 384 g/mol. The van der Waals surface area contributed by atoms with Gasteiger partial charge in [0.1, 0.15) is 17.1 Å². The Morgan fingerprint density at radius 3 is 2.43 bits per heavy atom. The second-order valence-corrected chi connectivity index (χ2v) is 7.34. The van der Waals surface area contributed by atoms with Crippen molar-refractivity contribution in [2.75, 3.05) is 0 Å². The monoisotopic (exact) mass is 408 g/mol. The molecule has 6 nitrogen and oxygen atoms in total. The molecule has 1 unspecified atom stereocenters. The van der Waals surface area contributed by atoms with E-state index in [1.54, 1.807) is 31.2 Å². The largest absolute Gasteiger partial charge is 0.507 e. The number of phenols is 2. The van der Waals surface area contributed by atoms with E-state index in [-0.39, 0.29) is 40.7 Å². The number of phenolic OH excluding ortho intramolecular Hbond substituents is 2. The number of aliphatic hydroxyl groups excluding tert-OH is 1. The number of carbonyl (C=O) groups is 1. The molecule has 0 radical (unpaired) electrons. The Labute approximate surface area is 173 Å². The first kappa shape index (κ1) is 21.3. The molecule has 30 heavy (non-hydrogen) atoms. The van der Waals surface area contributed by atoms with Crippen LogP contribution in [0, 0.1) is 0 Å². The molecule has 1 aromatic heterocycles. The van der Waals surface area contributed by atoms with E-state index in [9.17, 15) is 24.9 Å². The van der Waals surface area contributed by atoms with Crippen LogP contribution in [-0.2, 0) is 6.42 Å². The maximum atomic E-state index is 12.8. The van der Waals surface area contributed by atoms with Crippen LogP contribution in [0.4, 0.5) is 0 Å².